The highest BCUT2D eigenvalue weighted by Crippen LogP contribution is 2.27. The molecule has 0 bridgehead atoms. The summed E-state index contributed by atoms with van der Waals surface area (Å²) in [5.74, 6) is -0.145. The number of rotatable bonds is 6. The highest BCUT2D eigenvalue weighted by molar-refractivity contribution is 5.81. The molecule has 0 radical (unpaired) electrons. The van der Waals surface area contributed by atoms with Gasteiger partial charge in [-0.15, -0.1) is 0 Å². The van der Waals surface area contributed by atoms with E-state index in [1.54, 1.807) is 16.9 Å². The van der Waals surface area contributed by atoms with Crippen LogP contribution in [0.15, 0.2) is 60.9 Å². The number of aromatic nitrogens is 2. The zero-order chi connectivity index (χ0) is 16.9. The fourth-order valence-electron chi connectivity index (χ4n) is 2.38. The molecule has 24 heavy (non-hydrogen) atoms. The van der Waals surface area contributed by atoms with Crippen molar-refractivity contribution in [3.63, 3.8) is 0 Å². The predicted molar refractivity (Wildman–Crippen MR) is 85.2 cm³/mol. The van der Waals surface area contributed by atoms with Crippen molar-refractivity contribution in [3.05, 3.63) is 72.1 Å². The van der Waals surface area contributed by atoms with E-state index < -0.39 is 6.61 Å². The van der Waals surface area contributed by atoms with Crippen LogP contribution in [0.1, 0.15) is 15.9 Å². The van der Waals surface area contributed by atoms with Crippen molar-refractivity contribution in [2.75, 3.05) is 0 Å². The van der Waals surface area contributed by atoms with Crippen molar-refractivity contribution in [1.29, 1.82) is 0 Å². The largest absolute Gasteiger partial charge is 0.434 e. The molecule has 0 aliphatic rings. The van der Waals surface area contributed by atoms with Crippen molar-refractivity contribution in [2.45, 2.75) is 13.2 Å². The number of halogens is 2. The van der Waals surface area contributed by atoms with Crippen molar-refractivity contribution in [3.8, 4) is 16.9 Å². The Morgan fingerprint density at radius 3 is 2.62 bits per heavy atom. The highest BCUT2D eigenvalue weighted by Gasteiger charge is 2.12. The number of carbonyl (C=O) groups is 1. The van der Waals surface area contributed by atoms with E-state index in [1.165, 1.54) is 12.1 Å². The zero-order valence-electron chi connectivity index (χ0n) is 12.6. The number of ether oxygens (including phenoxy) is 1. The number of nitrogens with zero attached hydrogens (tertiary/aromatic N) is 2. The molecule has 0 amide bonds. The summed E-state index contributed by atoms with van der Waals surface area (Å²) in [5.41, 5.74) is 2.58. The molecule has 0 saturated heterocycles. The molecule has 0 atom stereocenters. The van der Waals surface area contributed by atoms with Gasteiger partial charge in [0.05, 0.1) is 18.3 Å². The van der Waals surface area contributed by atoms with Crippen molar-refractivity contribution < 1.29 is 18.3 Å². The summed E-state index contributed by atoms with van der Waals surface area (Å²) in [4.78, 5) is 10.9. The van der Waals surface area contributed by atoms with E-state index in [-0.39, 0.29) is 11.3 Å². The van der Waals surface area contributed by atoms with Crippen molar-refractivity contribution in [1.82, 2.24) is 9.78 Å². The topological polar surface area (TPSA) is 44.1 Å². The summed E-state index contributed by atoms with van der Waals surface area (Å²) in [7, 11) is 0. The maximum atomic E-state index is 12.5. The summed E-state index contributed by atoms with van der Waals surface area (Å²) in [6.45, 7) is -2.38. The molecule has 3 aromatic rings. The number of benzene rings is 2. The maximum absolute atomic E-state index is 12.5. The Bertz CT molecular complexity index is 832. The zero-order valence-corrected chi connectivity index (χ0v) is 12.6. The van der Waals surface area contributed by atoms with E-state index in [4.69, 9.17) is 0 Å². The van der Waals surface area contributed by atoms with Crippen LogP contribution in [0.25, 0.3) is 11.1 Å². The average molecular weight is 328 g/mol. The van der Waals surface area contributed by atoms with E-state index in [0.29, 0.717) is 18.4 Å². The van der Waals surface area contributed by atoms with Gasteiger partial charge in [-0.3, -0.25) is 9.48 Å². The SMILES string of the molecule is O=Cc1ccc(-c2cnn(Cc3ccccc3)c2)cc1OC(F)F. The minimum atomic E-state index is -2.99. The van der Waals surface area contributed by atoms with Gasteiger partial charge < -0.3 is 4.74 Å². The van der Waals surface area contributed by atoms with E-state index in [1.807, 2.05) is 36.5 Å². The van der Waals surface area contributed by atoms with E-state index in [0.717, 1.165) is 11.1 Å². The lowest BCUT2D eigenvalue weighted by molar-refractivity contribution is -0.0500. The van der Waals surface area contributed by atoms with Crippen LogP contribution in [-0.4, -0.2) is 22.7 Å². The van der Waals surface area contributed by atoms with Crippen LogP contribution >= 0.6 is 0 Å². The monoisotopic (exact) mass is 328 g/mol. The van der Waals surface area contributed by atoms with Gasteiger partial charge in [-0.05, 0) is 23.3 Å². The Balaban J connectivity index is 1.85. The summed E-state index contributed by atoms with van der Waals surface area (Å²) in [6.07, 6.45) is 3.94. The van der Waals surface area contributed by atoms with Crippen LogP contribution in [0.3, 0.4) is 0 Å². The van der Waals surface area contributed by atoms with Gasteiger partial charge in [-0.2, -0.15) is 13.9 Å². The predicted octanol–water partition coefficient (Wildman–Crippen LogP) is 4.01. The van der Waals surface area contributed by atoms with Crippen LogP contribution < -0.4 is 4.74 Å². The van der Waals surface area contributed by atoms with Crippen molar-refractivity contribution in [2.24, 2.45) is 0 Å². The first-order chi connectivity index (χ1) is 11.7. The Morgan fingerprint density at radius 1 is 1.12 bits per heavy atom. The normalized spacial score (nSPS) is 10.8. The van der Waals surface area contributed by atoms with Gasteiger partial charge in [0, 0.05) is 11.8 Å². The Labute approximate surface area is 137 Å². The smallest absolute Gasteiger partial charge is 0.387 e. The fraction of sp³-hybridized carbons (Fsp3) is 0.111. The van der Waals surface area contributed by atoms with Crippen LogP contribution in [0, 0.1) is 0 Å². The molecule has 1 aromatic heterocycles. The lowest BCUT2D eigenvalue weighted by Crippen LogP contribution is -2.04. The minimum absolute atomic E-state index is 0.0794. The highest BCUT2D eigenvalue weighted by atomic mass is 19.3. The number of alkyl halides is 2. The molecule has 0 unspecified atom stereocenters. The van der Waals surface area contributed by atoms with Gasteiger partial charge in [-0.25, -0.2) is 0 Å². The van der Waals surface area contributed by atoms with Gasteiger partial charge >= 0.3 is 6.61 Å². The molecule has 0 aliphatic heterocycles. The first kappa shape index (κ1) is 15.9. The summed E-state index contributed by atoms with van der Waals surface area (Å²) in [6, 6.07) is 14.4. The Morgan fingerprint density at radius 2 is 1.92 bits per heavy atom. The Kier molecular flexibility index (Phi) is 4.65. The molecule has 4 nitrogen and oxygen atoms in total. The summed E-state index contributed by atoms with van der Waals surface area (Å²) < 4.78 is 31.1. The van der Waals surface area contributed by atoms with Crippen molar-refractivity contribution >= 4 is 6.29 Å². The number of aldehydes is 1. The molecular formula is C18H14F2N2O2. The van der Waals surface area contributed by atoms with E-state index in [9.17, 15) is 13.6 Å². The average Bonchev–Trinajstić information content (AvgIpc) is 3.03. The minimum Gasteiger partial charge on any atom is -0.434 e. The van der Waals surface area contributed by atoms with Gasteiger partial charge in [0.15, 0.2) is 6.29 Å². The third kappa shape index (κ3) is 3.65. The van der Waals surface area contributed by atoms with Crippen LogP contribution in [0.5, 0.6) is 5.75 Å². The molecule has 2 aromatic carbocycles. The number of hydrogen-bond acceptors (Lipinski definition) is 3. The molecule has 0 N–H and O–H groups in total. The second kappa shape index (κ2) is 7.04. The molecule has 6 heteroatoms. The second-order valence-electron chi connectivity index (χ2n) is 5.16. The molecule has 0 aliphatic carbocycles. The summed E-state index contributed by atoms with van der Waals surface area (Å²) >= 11 is 0. The molecule has 122 valence electrons. The van der Waals surface area contributed by atoms with E-state index >= 15 is 0 Å². The van der Waals surface area contributed by atoms with Crippen LogP contribution in [0.2, 0.25) is 0 Å². The van der Waals surface area contributed by atoms with E-state index in [2.05, 4.69) is 9.84 Å². The molecular weight excluding hydrogens is 314 g/mol. The van der Waals surface area contributed by atoms with Gasteiger partial charge in [0.25, 0.3) is 0 Å². The number of carbonyl (C=O) groups excluding carboxylic acids is 1. The standard InChI is InChI=1S/C18H14F2N2O2/c19-18(20)24-17-8-14(6-7-15(17)12-23)16-9-21-22(11-16)10-13-4-2-1-3-5-13/h1-9,11-12,18H,10H2. The van der Waals surface area contributed by atoms with Crippen LogP contribution in [-0.2, 0) is 6.54 Å². The van der Waals surface area contributed by atoms with Gasteiger partial charge in [0.1, 0.15) is 5.75 Å². The quantitative estimate of drug-likeness (QED) is 0.642. The second-order valence-corrected chi connectivity index (χ2v) is 5.16. The summed E-state index contributed by atoms with van der Waals surface area (Å²) in [5, 5.41) is 4.28. The Hall–Kier alpha value is -3.02. The molecule has 0 saturated carbocycles. The molecule has 0 fully saturated rings. The first-order valence-electron chi connectivity index (χ1n) is 7.26. The third-order valence-electron chi connectivity index (χ3n) is 3.51. The maximum Gasteiger partial charge on any atom is 0.387 e. The van der Waals surface area contributed by atoms with Crippen LogP contribution in [0.4, 0.5) is 8.78 Å². The fourth-order valence-corrected chi connectivity index (χ4v) is 2.38. The first-order valence-corrected chi connectivity index (χ1v) is 7.26. The van der Waals surface area contributed by atoms with Gasteiger partial charge in [-0.1, -0.05) is 36.4 Å². The number of hydrogen-bond donors (Lipinski definition) is 0. The molecule has 3 rings (SSSR count). The lowest BCUT2D eigenvalue weighted by atomic mass is 10.1. The molecule has 1 heterocycles. The van der Waals surface area contributed by atoms with Gasteiger partial charge in [0.2, 0.25) is 0 Å². The molecule has 0 spiro atoms. The lowest BCUT2D eigenvalue weighted by Gasteiger charge is -2.08. The third-order valence-corrected chi connectivity index (χ3v) is 3.51.